The van der Waals surface area contributed by atoms with Crippen LogP contribution in [0.15, 0.2) is 42.5 Å². The van der Waals surface area contributed by atoms with E-state index in [1.54, 1.807) is 37.3 Å². The fraction of sp³-hybridized carbons (Fsp3) is 0.300. The van der Waals surface area contributed by atoms with Crippen LogP contribution in [0.5, 0.6) is 11.5 Å². The largest absolute Gasteiger partial charge is 0.493 e. The van der Waals surface area contributed by atoms with Crippen LogP contribution in [0.4, 0.5) is 11.4 Å². The quantitative estimate of drug-likeness (QED) is 0.896. The fourth-order valence-electron chi connectivity index (χ4n) is 3.07. The van der Waals surface area contributed by atoms with Crippen molar-refractivity contribution in [3.8, 4) is 11.5 Å². The lowest BCUT2D eigenvalue weighted by atomic mass is 10.1. The molecular weight excluding hydrogens is 332 g/mol. The number of methoxy groups -OCH3 is 2. The molecule has 3 rings (SSSR count). The molecule has 136 valence electrons. The molecule has 1 saturated heterocycles. The van der Waals surface area contributed by atoms with Crippen LogP contribution in [-0.2, 0) is 9.59 Å². The Balaban J connectivity index is 1.74. The van der Waals surface area contributed by atoms with Gasteiger partial charge in [-0.1, -0.05) is 18.2 Å². The fourth-order valence-corrected chi connectivity index (χ4v) is 3.07. The van der Waals surface area contributed by atoms with Crippen LogP contribution in [0, 0.1) is 12.8 Å². The van der Waals surface area contributed by atoms with E-state index in [1.807, 2.05) is 31.2 Å². The lowest BCUT2D eigenvalue weighted by Gasteiger charge is -2.18. The molecule has 6 nitrogen and oxygen atoms in total. The lowest BCUT2D eigenvalue weighted by molar-refractivity contribution is -0.122. The van der Waals surface area contributed by atoms with Crippen LogP contribution in [0.3, 0.4) is 0 Å². The third-order valence-corrected chi connectivity index (χ3v) is 4.58. The highest BCUT2D eigenvalue weighted by molar-refractivity contribution is 6.03. The second kappa shape index (κ2) is 7.47. The van der Waals surface area contributed by atoms with Crippen molar-refractivity contribution in [2.24, 2.45) is 5.92 Å². The molecular formula is C20H22N2O4. The molecule has 0 aliphatic carbocycles. The molecule has 1 aliphatic rings. The number of rotatable bonds is 5. The number of benzene rings is 2. The normalized spacial score (nSPS) is 16.5. The number of ether oxygens (including phenoxy) is 2. The molecule has 0 saturated carbocycles. The second-order valence-electron chi connectivity index (χ2n) is 6.25. The average molecular weight is 354 g/mol. The smallest absolute Gasteiger partial charge is 0.229 e. The maximum absolute atomic E-state index is 12.6. The number of hydrogen-bond donors (Lipinski definition) is 1. The molecule has 0 spiro atoms. The molecule has 1 atom stereocenters. The number of amides is 2. The van der Waals surface area contributed by atoms with E-state index in [1.165, 1.54) is 0 Å². The van der Waals surface area contributed by atoms with E-state index in [2.05, 4.69) is 5.32 Å². The van der Waals surface area contributed by atoms with Gasteiger partial charge < -0.3 is 19.7 Å². The summed E-state index contributed by atoms with van der Waals surface area (Å²) < 4.78 is 10.5. The summed E-state index contributed by atoms with van der Waals surface area (Å²) in [5, 5.41) is 2.92. The number of anilines is 2. The molecule has 26 heavy (non-hydrogen) atoms. The van der Waals surface area contributed by atoms with Crippen LogP contribution in [0.2, 0.25) is 0 Å². The van der Waals surface area contributed by atoms with E-state index < -0.39 is 5.92 Å². The monoisotopic (exact) mass is 354 g/mol. The Morgan fingerprint density at radius 3 is 2.54 bits per heavy atom. The van der Waals surface area contributed by atoms with E-state index in [0.717, 1.165) is 11.3 Å². The zero-order chi connectivity index (χ0) is 18.7. The number of hydrogen-bond acceptors (Lipinski definition) is 4. The van der Waals surface area contributed by atoms with Crippen molar-refractivity contribution >= 4 is 23.2 Å². The first-order valence-corrected chi connectivity index (χ1v) is 8.42. The van der Waals surface area contributed by atoms with Gasteiger partial charge in [0.1, 0.15) is 0 Å². The van der Waals surface area contributed by atoms with Crippen molar-refractivity contribution in [3.63, 3.8) is 0 Å². The topological polar surface area (TPSA) is 67.9 Å². The zero-order valence-electron chi connectivity index (χ0n) is 15.1. The maximum Gasteiger partial charge on any atom is 0.229 e. The summed E-state index contributed by atoms with van der Waals surface area (Å²) in [4.78, 5) is 26.6. The van der Waals surface area contributed by atoms with E-state index in [0.29, 0.717) is 23.7 Å². The molecule has 2 amide bonds. The van der Waals surface area contributed by atoms with Crippen LogP contribution in [0.25, 0.3) is 0 Å². The minimum absolute atomic E-state index is 0.0813. The molecule has 0 bridgehead atoms. The third-order valence-electron chi connectivity index (χ3n) is 4.58. The molecule has 1 aliphatic heterocycles. The molecule has 2 aromatic carbocycles. The van der Waals surface area contributed by atoms with Gasteiger partial charge in [-0.3, -0.25) is 9.59 Å². The van der Waals surface area contributed by atoms with Crippen molar-refractivity contribution in [3.05, 3.63) is 48.0 Å². The first-order valence-electron chi connectivity index (χ1n) is 8.42. The van der Waals surface area contributed by atoms with Gasteiger partial charge in [0.05, 0.1) is 20.1 Å². The Bertz CT molecular complexity index is 834. The van der Waals surface area contributed by atoms with Crippen LogP contribution in [0.1, 0.15) is 12.0 Å². The maximum atomic E-state index is 12.6. The van der Waals surface area contributed by atoms with Crippen LogP contribution in [-0.4, -0.2) is 32.6 Å². The van der Waals surface area contributed by atoms with E-state index in [9.17, 15) is 9.59 Å². The number of nitrogens with one attached hydrogen (secondary N) is 1. The first kappa shape index (κ1) is 17.8. The minimum atomic E-state index is -0.393. The van der Waals surface area contributed by atoms with Gasteiger partial charge in [0.25, 0.3) is 0 Å². The van der Waals surface area contributed by atoms with Crippen molar-refractivity contribution in [1.29, 1.82) is 0 Å². The molecule has 1 N–H and O–H groups in total. The van der Waals surface area contributed by atoms with Gasteiger partial charge in [-0.25, -0.2) is 0 Å². The SMILES string of the molecule is COc1ccc(N2CC(C(=O)Nc3ccccc3C)CC2=O)cc1OC. The van der Waals surface area contributed by atoms with Gasteiger partial charge in [-0.15, -0.1) is 0 Å². The Morgan fingerprint density at radius 1 is 1.12 bits per heavy atom. The van der Waals surface area contributed by atoms with E-state index in [4.69, 9.17) is 9.47 Å². The molecule has 1 heterocycles. The number of carbonyl (C=O) groups is 2. The van der Waals surface area contributed by atoms with Crippen LogP contribution < -0.4 is 19.7 Å². The highest BCUT2D eigenvalue weighted by atomic mass is 16.5. The molecule has 1 unspecified atom stereocenters. The predicted molar refractivity (Wildman–Crippen MR) is 99.8 cm³/mol. The number of aryl methyl sites for hydroxylation is 1. The number of carbonyl (C=O) groups excluding carboxylic acids is 2. The van der Waals surface area contributed by atoms with Gasteiger partial charge in [0.2, 0.25) is 11.8 Å². The zero-order valence-corrected chi connectivity index (χ0v) is 15.1. The molecule has 6 heteroatoms. The van der Waals surface area contributed by atoms with E-state index >= 15 is 0 Å². The van der Waals surface area contributed by atoms with Gasteiger partial charge in [0.15, 0.2) is 11.5 Å². The molecule has 0 aromatic heterocycles. The Labute approximate surface area is 152 Å². The number of nitrogens with zero attached hydrogens (tertiary/aromatic N) is 1. The van der Waals surface area contributed by atoms with Crippen LogP contribution >= 0.6 is 0 Å². The van der Waals surface area contributed by atoms with Gasteiger partial charge in [-0.2, -0.15) is 0 Å². The predicted octanol–water partition coefficient (Wildman–Crippen LogP) is 3.00. The van der Waals surface area contributed by atoms with Crippen molar-refractivity contribution in [2.45, 2.75) is 13.3 Å². The average Bonchev–Trinajstić information content (AvgIpc) is 3.05. The van der Waals surface area contributed by atoms with Gasteiger partial charge in [-0.05, 0) is 30.7 Å². The van der Waals surface area contributed by atoms with Crippen molar-refractivity contribution < 1.29 is 19.1 Å². The first-order chi connectivity index (χ1) is 12.5. The summed E-state index contributed by atoms with van der Waals surface area (Å²) in [6.45, 7) is 2.28. The number of para-hydroxylation sites is 1. The molecule has 0 radical (unpaired) electrons. The summed E-state index contributed by atoms with van der Waals surface area (Å²) >= 11 is 0. The highest BCUT2D eigenvalue weighted by Crippen LogP contribution is 2.34. The Hall–Kier alpha value is -3.02. The van der Waals surface area contributed by atoms with Crippen molar-refractivity contribution in [1.82, 2.24) is 0 Å². The third kappa shape index (κ3) is 3.49. The van der Waals surface area contributed by atoms with Gasteiger partial charge in [0, 0.05) is 30.4 Å². The van der Waals surface area contributed by atoms with E-state index in [-0.39, 0.29) is 18.2 Å². The summed E-state index contributed by atoms with van der Waals surface area (Å²) in [6.07, 6.45) is 0.187. The van der Waals surface area contributed by atoms with Crippen molar-refractivity contribution in [2.75, 3.05) is 31.0 Å². The summed E-state index contributed by atoms with van der Waals surface area (Å²) in [5.74, 6) is 0.523. The second-order valence-corrected chi connectivity index (χ2v) is 6.25. The minimum Gasteiger partial charge on any atom is -0.493 e. The Kier molecular flexibility index (Phi) is 5.11. The lowest BCUT2D eigenvalue weighted by Crippen LogP contribution is -2.28. The standard InChI is InChI=1S/C20H22N2O4/c1-13-6-4-5-7-16(13)21-20(24)14-10-19(23)22(12-14)15-8-9-17(25-2)18(11-15)26-3/h4-9,11,14H,10,12H2,1-3H3,(H,21,24). The Morgan fingerprint density at radius 2 is 1.85 bits per heavy atom. The summed E-state index contributed by atoms with van der Waals surface area (Å²) in [7, 11) is 3.11. The highest BCUT2D eigenvalue weighted by Gasteiger charge is 2.35. The van der Waals surface area contributed by atoms with Gasteiger partial charge >= 0.3 is 0 Å². The molecule has 1 fully saturated rings. The molecule has 2 aromatic rings. The summed E-state index contributed by atoms with van der Waals surface area (Å²) in [6, 6.07) is 12.9. The summed E-state index contributed by atoms with van der Waals surface area (Å²) in [5.41, 5.74) is 2.45.